The van der Waals surface area contributed by atoms with Crippen molar-refractivity contribution in [1.29, 1.82) is 0 Å². The van der Waals surface area contributed by atoms with Crippen LogP contribution in [-0.2, 0) is 0 Å². The molecule has 0 aliphatic rings. The van der Waals surface area contributed by atoms with E-state index in [2.05, 4.69) is 0 Å². The maximum Gasteiger partial charge on any atom is 0.460 e. The van der Waals surface area contributed by atoms with Gasteiger partial charge in [0.05, 0.1) is 0 Å². The molecule has 0 rings (SSSR count). The van der Waals surface area contributed by atoms with Crippen molar-refractivity contribution in [2.24, 2.45) is 0 Å². The molecule has 0 radical (unpaired) electrons. The van der Waals surface area contributed by atoms with Crippen molar-refractivity contribution in [2.75, 3.05) is 0 Å². The van der Waals surface area contributed by atoms with Gasteiger partial charge in [0.15, 0.2) is 0 Å². The van der Waals surface area contributed by atoms with Crippen LogP contribution in [0.3, 0.4) is 0 Å². The molecule has 0 aliphatic carbocycles. The second kappa shape index (κ2) is 12.6. The molecule has 0 aliphatic heterocycles. The van der Waals surface area contributed by atoms with Crippen molar-refractivity contribution in [2.45, 2.75) is 122 Å². The third-order valence-electron chi connectivity index (χ3n) is 5.92. The van der Waals surface area contributed by atoms with Crippen molar-refractivity contribution in [1.82, 2.24) is 0 Å². The van der Waals surface area contributed by atoms with Gasteiger partial charge in [-0.25, -0.2) is 0 Å². The van der Waals surface area contributed by atoms with Crippen LogP contribution >= 0.6 is 22.6 Å². The van der Waals surface area contributed by atoms with Crippen LogP contribution in [0.5, 0.6) is 0 Å². The molecule has 0 saturated heterocycles. The van der Waals surface area contributed by atoms with Crippen LogP contribution in [0.1, 0.15) is 58.3 Å². The second-order valence-corrected chi connectivity index (χ2v) is 10.9. The van der Waals surface area contributed by atoms with Gasteiger partial charge in [-0.15, -0.1) is 0 Å². The lowest BCUT2D eigenvalue weighted by atomic mass is 9.85. The number of unbranched alkanes of at least 4 members (excludes halogenated alkanes) is 5. The van der Waals surface area contributed by atoms with E-state index in [1.165, 1.54) is 0 Å². The average Bonchev–Trinajstić information content (AvgIpc) is 2.79. The largest absolute Gasteiger partial charge is 0.460 e. The molecule has 0 spiro atoms. The molecule has 0 fully saturated rings. The lowest BCUT2D eigenvalue weighted by Gasteiger charge is -2.44. The monoisotopic (exact) mass is 786 g/mol. The van der Waals surface area contributed by atoms with Crippen molar-refractivity contribution in [3.8, 4) is 0 Å². The first-order valence-corrected chi connectivity index (χ1v) is 12.6. The standard InChI is InChI=1S/C20H20F21I/c1-2-3-4-5-6-7-8-10(42)9-11(21,22)12(23,24)13(25,26)14(27,28)15(29,30)16(31,32)17(33,34)18(35,36)19(37,38)20(39,40)41/h10H,2-9H2,1H3. The van der Waals surface area contributed by atoms with Crippen LogP contribution in [-0.4, -0.2) is 63.4 Å². The molecule has 254 valence electrons. The Kier molecular flexibility index (Phi) is 12.3. The van der Waals surface area contributed by atoms with E-state index >= 15 is 0 Å². The Hall–Kier alpha value is -0.740. The molecule has 0 aromatic rings. The number of halogens is 22. The first kappa shape index (κ1) is 41.3. The van der Waals surface area contributed by atoms with Crippen LogP contribution in [0.25, 0.3) is 0 Å². The quantitative estimate of drug-likeness (QED) is 0.0596. The number of hydrogen-bond acceptors (Lipinski definition) is 0. The molecular formula is C20H20F21I. The third kappa shape index (κ3) is 6.61. The summed E-state index contributed by atoms with van der Waals surface area (Å²) in [7, 11) is 0. The smallest absolute Gasteiger partial charge is 0.200 e. The minimum atomic E-state index is -9.14. The van der Waals surface area contributed by atoms with E-state index < -0.39 is 76.2 Å². The second-order valence-electron chi connectivity index (χ2n) is 9.16. The normalized spacial score (nSPS) is 16.6. The van der Waals surface area contributed by atoms with Crippen LogP contribution in [0.2, 0.25) is 0 Å². The first-order chi connectivity index (χ1) is 18.2. The van der Waals surface area contributed by atoms with Crippen molar-refractivity contribution in [3.05, 3.63) is 0 Å². The highest BCUT2D eigenvalue weighted by Gasteiger charge is 2.97. The van der Waals surface area contributed by atoms with Crippen LogP contribution in [0, 0.1) is 0 Å². The van der Waals surface area contributed by atoms with Crippen molar-refractivity contribution < 1.29 is 92.2 Å². The minimum absolute atomic E-state index is 0.0400. The molecular weight excluding hydrogens is 766 g/mol. The van der Waals surface area contributed by atoms with Gasteiger partial charge in [0.1, 0.15) is 0 Å². The molecule has 22 heteroatoms. The summed E-state index contributed by atoms with van der Waals surface area (Å²) >= 11 is 0.927. The van der Waals surface area contributed by atoms with E-state index in [1.54, 1.807) is 0 Å². The summed E-state index contributed by atoms with van der Waals surface area (Å²) in [4.78, 5) is 0. The van der Waals surface area contributed by atoms with E-state index in [-0.39, 0.29) is 12.8 Å². The molecule has 0 aromatic carbocycles. The van der Waals surface area contributed by atoms with Gasteiger partial charge in [-0.05, 0) is 6.42 Å². The maximum absolute atomic E-state index is 14.1. The van der Waals surface area contributed by atoms with Gasteiger partial charge in [0.25, 0.3) is 0 Å². The zero-order chi connectivity index (χ0) is 34.2. The SMILES string of the molecule is CCCCCCCCC(I)CC(F)(F)C(F)(F)C(F)(F)C(F)(F)C(F)(F)C(F)(F)C(F)(F)C(F)(F)C(F)(F)C(F)(F)F. The van der Waals surface area contributed by atoms with Crippen LogP contribution in [0.4, 0.5) is 92.2 Å². The lowest BCUT2D eigenvalue weighted by Crippen LogP contribution is -2.76. The molecule has 0 aromatic heterocycles. The fourth-order valence-corrected chi connectivity index (χ4v) is 4.24. The summed E-state index contributed by atoms with van der Waals surface area (Å²) in [5.74, 6) is -76.4. The Balaban J connectivity index is 6.46. The molecule has 0 bridgehead atoms. The Morgan fingerprint density at radius 3 is 1.02 bits per heavy atom. The van der Waals surface area contributed by atoms with Crippen LogP contribution < -0.4 is 0 Å². The van der Waals surface area contributed by atoms with Gasteiger partial charge < -0.3 is 0 Å². The molecule has 0 amide bonds. The fourth-order valence-electron chi connectivity index (χ4n) is 3.25. The predicted molar refractivity (Wildman–Crippen MR) is 111 cm³/mol. The maximum atomic E-state index is 14.1. The lowest BCUT2D eigenvalue weighted by molar-refractivity contribution is -0.474. The van der Waals surface area contributed by atoms with Gasteiger partial charge in [-0.3, -0.25) is 0 Å². The van der Waals surface area contributed by atoms with E-state index in [0.717, 1.165) is 35.4 Å². The van der Waals surface area contributed by atoms with Crippen molar-refractivity contribution in [3.63, 3.8) is 0 Å². The summed E-state index contributed by atoms with van der Waals surface area (Å²) in [5.41, 5.74) is 0. The van der Waals surface area contributed by atoms with Gasteiger partial charge in [0, 0.05) is 10.3 Å². The first-order valence-electron chi connectivity index (χ1n) is 11.3. The fraction of sp³-hybridized carbons (Fsp3) is 1.00. The van der Waals surface area contributed by atoms with E-state index in [9.17, 15) is 92.2 Å². The summed E-state index contributed by atoms with van der Waals surface area (Å²) in [6.45, 7) is 1.81. The van der Waals surface area contributed by atoms with Gasteiger partial charge in [-0.1, -0.05) is 68.0 Å². The number of alkyl halides is 22. The van der Waals surface area contributed by atoms with Gasteiger partial charge in [-0.2, -0.15) is 92.2 Å². The topological polar surface area (TPSA) is 0 Å². The Morgan fingerprint density at radius 2 is 0.690 bits per heavy atom. The Bertz CT molecular complexity index is 876. The highest BCUT2D eigenvalue weighted by atomic mass is 127. The molecule has 1 atom stereocenters. The minimum Gasteiger partial charge on any atom is -0.200 e. The van der Waals surface area contributed by atoms with E-state index in [0.29, 0.717) is 12.8 Å². The van der Waals surface area contributed by atoms with Gasteiger partial charge in [0.2, 0.25) is 0 Å². The van der Waals surface area contributed by atoms with Crippen molar-refractivity contribution >= 4 is 22.6 Å². The summed E-state index contributed by atoms with van der Waals surface area (Å²) in [6, 6.07) is 0. The van der Waals surface area contributed by atoms with E-state index in [4.69, 9.17) is 0 Å². The number of hydrogen-bond donors (Lipinski definition) is 0. The predicted octanol–water partition coefficient (Wildman–Crippen LogP) is 11.2. The van der Waals surface area contributed by atoms with E-state index in [1.807, 2.05) is 6.92 Å². The average molecular weight is 786 g/mol. The highest BCUT2D eigenvalue weighted by Crippen LogP contribution is 2.66. The summed E-state index contributed by atoms with van der Waals surface area (Å²) in [5, 5.41) is 0. The highest BCUT2D eigenvalue weighted by molar-refractivity contribution is 14.1. The van der Waals surface area contributed by atoms with Crippen LogP contribution in [0.15, 0.2) is 0 Å². The zero-order valence-corrected chi connectivity index (χ0v) is 22.7. The molecule has 0 heterocycles. The Labute approximate surface area is 236 Å². The molecule has 1 unspecified atom stereocenters. The summed E-state index contributed by atoms with van der Waals surface area (Å²) in [6.07, 6.45) is -8.17. The molecule has 42 heavy (non-hydrogen) atoms. The zero-order valence-electron chi connectivity index (χ0n) is 20.5. The third-order valence-corrected chi connectivity index (χ3v) is 6.99. The molecule has 0 nitrogen and oxygen atoms in total. The summed E-state index contributed by atoms with van der Waals surface area (Å²) < 4.78 is 280. The van der Waals surface area contributed by atoms with Gasteiger partial charge >= 0.3 is 59.5 Å². The molecule has 0 saturated carbocycles. The molecule has 0 N–H and O–H groups in total. The number of rotatable bonds is 17. The Morgan fingerprint density at radius 1 is 0.405 bits per heavy atom.